The van der Waals surface area contributed by atoms with Gasteiger partial charge < -0.3 is 4.90 Å². The molecule has 0 aliphatic carbocycles. The number of nitrogens with zero attached hydrogens (tertiary/aromatic N) is 4. The Hall–Kier alpha value is -1.76. The summed E-state index contributed by atoms with van der Waals surface area (Å²) in [5.74, 6) is 0.807. The summed E-state index contributed by atoms with van der Waals surface area (Å²) in [6.07, 6.45) is 0.452. The van der Waals surface area contributed by atoms with Gasteiger partial charge in [-0.25, -0.2) is 0 Å². The van der Waals surface area contributed by atoms with E-state index in [1.807, 2.05) is 26.0 Å². The Morgan fingerprint density at radius 2 is 2.32 bits per heavy atom. The summed E-state index contributed by atoms with van der Waals surface area (Å²) in [5, 5.41) is 13.8. The maximum atomic E-state index is 12.1. The maximum Gasteiger partial charge on any atom is 0.227 e. The highest BCUT2D eigenvalue weighted by molar-refractivity contribution is 7.12. The van der Waals surface area contributed by atoms with Crippen LogP contribution in [0, 0.1) is 6.92 Å². The summed E-state index contributed by atoms with van der Waals surface area (Å²) in [7, 11) is 1.80. The SMILES string of the molecule is Cc1ccc(CC(=O)N(C)C[C@@H](C)c2nn[nH]n2)s1. The Kier molecular flexibility index (Phi) is 4.26. The third-order valence-corrected chi connectivity index (χ3v) is 3.90. The van der Waals surface area contributed by atoms with E-state index in [-0.39, 0.29) is 11.8 Å². The molecule has 0 saturated carbocycles. The molecule has 0 fully saturated rings. The first-order valence-corrected chi connectivity index (χ1v) is 6.90. The second kappa shape index (κ2) is 5.92. The molecule has 2 aromatic heterocycles. The van der Waals surface area contributed by atoms with Gasteiger partial charge in [0.05, 0.1) is 6.42 Å². The van der Waals surface area contributed by atoms with Crippen LogP contribution in [0.5, 0.6) is 0 Å². The van der Waals surface area contributed by atoms with Crippen LogP contribution in [0.25, 0.3) is 0 Å². The van der Waals surface area contributed by atoms with Gasteiger partial charge in [-0.15, -0.1) is 21.5 Å². The van der Waals surface area contributed by atoms with E-state index in [9.17, 15) is 4.79 Å². The average Bonchev–Trinajstić information content (AvgIpc) is 3.00. The third kappa shape index (κ3) is 3.60. The number of nitrogens with one attached hydrogen (secondary N) is 1. The van der Waals surface area contributed by atoms with Crippen LogP contribution in [0.3, 0.4) is 0 Å². The first kappa shape index (κ1) is 13.7. The molecule has 2 heterocycles. The second-order valence-corrected chi connectivity index (χ2v) is 6.01. The van der Waals surface area contributed by atoms with Gasteiger partial charge in [-0.2, -0.15) is 5.21 Å². The zero-order chi connectivity index (χ0) is 13.8. The number of aromatic amines is 1. The quantitative estimate of drug-likeness (QED) is 0.897. The highest BCUT2D eigenvalue weighted by atomic mass is 32.1. The number of carbonyl (C=O) groups excluding carboxylic acids is 1. The van der Waals surface area contributed by atoms with Crippen LogP contribution < -0.4 is 0 Å². The summed E-state index contributed by atoms with van der Waals surface area (Å²) < 4.78 is 0. The lowest BCUT2D eigenvalue weighted by Crippen LogP contribution is -2.31. The number of tetrazole rings is 1. The van der Waals surface area contributed by atoms with Crippen LogP contribution >= 0.6 is 11.3 Å². The molecule has 2 aromatic rings. The third-order valence-electron chi connectivity index (χ3n) is 2.90. The summed E-state index contributed by atoms with van der Waals surface area (Å²) in [5.41, 5.74) is 0. The number of hydrogen-bond acceptors (Lipinski definition) is 5. The van der Waals surface area contributed by atoms with Gasteiger partial charge in [-0.1, -0.05) is 12.1 Å². The molecule has 1 atom stereocenters. The Balaban J connectivity index is 1.89. The molecule has 19 heavy (non-hydrogen) atoms. The van der Waals surface area contributed by atoms with Crippen LogP contribution in [-0.4, -0.2) is 45.0 Å². The first-order valence-electron chi connectivity index (χ1n) is 6.09. The molecule has 0 aromatic carbocycles. The van der Waals surface area contributed by atoms with Crippen molar-refractivity contribution in [3.8, 4) is 0 Å². The lowest BCUT2D eigenvalue weighted by atomic mass is 10.1. The largest absolute Gasteiger partial charge is 0.345 e. The molecular weight excluding hydrogens is 262 g/mol. The van der Waals surface area contributed by atoms with Gasteiger partial charge >= 0.3 is 0 Å². The number of carbonyl (C=O) groups is 1. The van der Waals surface area contributed by atoms with Crippen molar-refractivity contribution < 1.29 is 4.79 Å². The Morgan fingerprint density at radius 1 is 1.53 bits per heavy atom. The summed E-state index contributed by atoms with van der Waals surface area (Å²) in [6, 6.07) is 4.05. The number of aryl methyl sites for hydroxylation is 1. The lowest BCUT2D eigenvalue weighted by molar-refractivity contribution is -0.129. The minimum absolute atomic E-state index is 0.0674. The van der Waals surface area contributed by atoms with E-state index < -0.39 is 0 Å². The molecule has 0 radical (unpaired) electrons. The van der Waals surface area contributed by atoms with E-state index in [0.717, 1.165) is 4.88 Å². The van der Waals surface area contributed by atoms with Crippen molar-refractivity contribution in [2.24, 2.45) is 0 Å². The van der Waals surface area contributed by atoms with Crippen LogP contribution in [0.1, 0.15) is 28.4 Å². The number of thiophene rings is 1. The normalized spacial score (nSPS) is 12.4. The monoisotopic (exact) mass is 279 g/mol. The molecule has 1 amide bonds. The van der Waals surface area contributed by atoms with Crippen molar-refractivity contribution in [2.75, 3.05) is 13.6 Å². The van der Waals surface area contributed by atoms with Crippen molar-refractivity contribution >= 4 is 17.2 Å². The van der Waals surface area contributed by atoms with Crippen LogP contribution in [0.15, 0.2) is 12.1 Å². The zero-order valence-corrected chi connectivity index (χ0v) is 12.1. The van der Waals surface area contributed by atoms with Gasteiger partial charge in [0.25, 0.3) is 0 Å². The topological polar surface area (TPSA) is 74.8 Å². The predicted molar refractivity (Wildman–Crippen MR) is 73.0 cm³/mol. The number of amides is 1. The van der Waals surface area contributed by atoms with Crippen LogP contribution in [-0.2, 0) is 11.2 Å². The van der Waals surface area contributed by atoms with Crippen molar-refractivity contribution in [3.05, 3.63) is 27.7 Å². The van der Waals surface area contributed by atoms with Gasteiger partial charge in [0.1, 0.15) is 0 Å². The minimum atomic E-state index is 0.0674. The van der Waals surface area contributed by atoms with Gasteiger partial charge in [-0.3, -0.25) is 4.79 Å². The lowest BCUT2D eigenvalue weighted by Gasteiger charge is -2.19. The second-order valence-electron chi connectivity index (χ2n) is 4.63. The standard InChI is InChI=1S/C12H17N5OS/c1-8(12-13-15-16-14-12)7-17(3)11(18)6-10-5-4-9(2)19-10/h4-5,8H,6-7H2,1-3H3,(H,13,14,15,16)/t8-/m1/s1. The van der Waals surface area contributed by atoms with Crippen LogP contribution in [0.4, 0.5) is 0 Å². The van der Waals surface area contributed by atoms with E-state index >= 15 is 0 Å². The van der Waals surface area contributed by atoms with Crippen molar-refractivity contribution in [1.29, 1.82) is 0 Å². The molecule has 0 unspecified atom stereocenters. The number of hydrogen-bond donors (Lipinski definition) is 1. The summed E-state index contributed by atoms with van der Waals surface area (Å²) in [4.78, 5) is 16.1. The van der Waals surface area contributed by atoms with E-state index in [4.69, 9.17) is 0 Å². The number of rotatable bonds is 5. The number of likely N-dealkylation sites (N-methyl/N-ethyl adjacent to an activating group) is 1. The first-order chi connectivity index (χ1) is 9.06. The van der Waals surface area contributed by atoms with E-state index in [0.29, 0.717) is 18.8 Å². The summed E-state index contributed by atoms with van der Waals surface area (Å²) in [6.45, 7) is 4.60. The molecule has 6 nitrogen and oxygen atoms in total. The fourth-order valence-electron chi connectivity index (χ4n) is 1.84. The molecule has 1 N–H and O–H groups in total. The van der Waals surface area contributed by atoms with Gasteiger partial charge in [-0.05, 0) is 19.1 Å². The average molecular weight is 279 g/mol. The van der Waals surface area contributed by atoms with Crippen molar-refractivity contribution in [3.63, 3.8) is 0 Å². The molecule has 0 bridgehead atoms. The smallest absolute Gasteiger partial charge is 0.227 e. The minimum Gasteiger partial charge on any atom is -0.345 e. The van der Waals surface area contributed by atoms with E-state index in [1.54, 1.807) is 23.3 Å². The van der Waals surface area contributed by atoms with Gasteiger partial charge in [0, 0.05) is 29.3 Å². The van der Waals surface area contributed by atoms with Crippen LogP contribution in [0.2, 0.25) is 0 Å². The Bertz CT molecular complexity index is 536. The molecule has 102 valence electrons. The van der Waals surface area contributed by atoms with Gasteiger partial charge in [0.15, 0.2) is 5.82 Å². The maximum absolute atomic E-state index is 12.1. The molecular formula is C12H17N5OS. The van der Waals surface area contributed by atoms with E-state index in [2.05, 4.69) is 20.6 Å². The zero-order valence-electron chi connectivity index (χ0n) is 11.3. The van der Waals surface area contributed by atoms with Crippen molar-refractivity contribution in [1.82, 2.24) is 25.5 Å². The molecule has 0 spiro atoms. The molecule has 0 saturated heterocycles. The Labute approximate surface area is 115 Å². The molecule has 7 heteroatoms. The number of H-pyrrole nitrogens is 1. The fourth-order valence-corrected chi connectivity index (χ4v) is 2.72. The molecule has 2 rings (SSSR count). The van der Waals surface area contributed by atoms with E-state index in [1.165, 1.54) is 4.88 Å². The summed E-state index contributed by atoms with van der Waals surface area (Å²) >= 11 is 1.66. The van der Waals surface area contributed by atoms with Gasteiger partial charge in [0.2, 0.25) is 5.91 Å². The predicted octanol–water partition coefficient (Wildman–Crippen LogP) is 1.37. The fraction of sp³-hybridized carbons (Fsp3) is 0.500. The Morgan fingerprint density at radius 3 is 2.89 bits per heavy atom. The number of aromatic nitrogens is 4. The molecule has 0 aliphatic heterocycles. The van der Waals surface area contributed by atoms with Crippen molar-refractivity contribution in [2.45, 2.75) is 26.2 Å². The molecule has 0 aliphatic rings. The highest BCUT2D eigenvalue weighted by Crippen LogP contribution is 2.17. The highest BCUT2D eigenvalue weighted by Gasteiger charge is 2.17.